The molecule has 0 bridgehead atoms. The zero-order valence-corrected chi connectivity index (χ0v) is 14.3. The standard InChI is InChI=1S/C18H25NO5/c1-4-12-9-11(2)18(3,22)17(21)23-10-13-5-7-19-8-6-14(15(13)19)24-16(12)20/h4,13-15,22H,2,5-10H2,1,3H3. The lowest BCUT2D eigenvalue weighted by atomic mass is 9.90. The molecule has 4 unspecified atom stereocenters. The number of hydrogen-bond donors (Lipinski definition) is 1. The Kier molecular flexibility index (Phi) is 4.53. The summed E-state index contributed by atoms with van der Waals surface area (Å²) < 4.78 is 11.2. The molecule has 24 heavy (non-hydrogen) atoms. The monoisotopic (exact) mass is 335 g/mol. The van der Waals surface area contributed by atoms with Crippen LogP contribution < -0.4 is 0 Å². The lowest BCUT2D eigenvalue weighted by Crippen LogP contribution is -2.43. The van der Waals surface area contributed by atoms with Gasteiger partial charge in [-0.25, -0.2) is 9.59 Å². The molecule has 3 fully saturated rings. The fraction of sp³-hybridized carbons (Fsp3) is 0.667. The van der Waals surface area contributed by atoms with E-state index in [2.05, 4.69) is 11.5 Å². The Morgan fingerprint density at radius 1 is 1.33 bits per heavy atom. The van der Waals surface area contributed by atoms with Crippen molar-refractivity contribution in [3.63, 3.8) is 0 Å². The van der Waals surface area contributed by atoms with E-state index in [9.17, 15) is 14.7 Å². The normalized spacial score (nSPS) is 39.9. The molecule has 0 amide bonds. The Hall–Kier alpha value is -1.66. The number of aliphatic hydroxyl groups is 1. The number of hydrogen-bond acceptors (Lipinski definition) is 6. The maximum Gasteiger partial charge on any atom is 0.342 e. The third-order valence-corrected chi connectivity index (χ3v) is 5.56. The predicted molar refractivity (Wildman–Crippen MR) is 87.1 cm³/mol. The van der Waals surface area contributed by atoms with Crippen molar-refractivity contribution in [1.82, 2.24) is 4.90 Å². The lowest BCUT2D eigenvalue weighted by Gasteiger charge is -2.30. The van der Waals surface area contributed by atoms with Gasteiger partial charge in [-0.05, 0) is 38.8 Å². The van der Waals surface area contributed by atoms with Crippen LogP contribution in [-0.2, 0) is 19.1 Å². The number of cyclic esters (lactones) is 1. The molecule has 0 aromatic carbocycles. The van der Waals surface area contributed by atoms with Crippen LogP contribution in [0.25, 0.3) is 0 Å². The lowest BCUT2D eigenvalue weighted by molar-refractivity contribution is -0.163. The Bertz CT molecular complexity index is 594. The first-order chi connectivity index (χ1) is 11.3. The number of carbonyl (C=O) groups excluding carboxylic acids is 2. The molecule has 6 heteroatoms. The highest BCUT2D eigenvalue weighted by atomic mass is 16.6. The van der Waals surface area contributed by atoms with E-state index in [0.29, 0.717) is 5.57 Å². The summed E-state index contributed by atoms with van der Waals surface area (Å²) in [7, 11) is 0. The Labute approximate surface area is 142 Å². The van der Waals surface area contributed by atoms with Crippen LogP contribution in [0.15, 0.2) is 23.8 Å². The Morgan fingerprint density at radius 2 is 2.04 bits per heavy atom. The zero-order chi connectivity index (χ0) is 17.5. The SMILES string of the molecule is C=C1CC(=CC)C(=O)OC2CCN3CCC(COC(=O)C1(C)O)C23. The molecule has 3 saturated heterocycles. The number of ether oxygens (including phenoxy) is 2. The van der Waals surface area contributed by atoms with Gasteiger partial charge in [0, 0.05) is 24.5 Å². The Morgan fingerprint density at radius 3 is 2.75 bits per heavy atom. The summed E-state index contributed by atoms with van der Waals surface area (Å²) in [6.07, 6.45) is 3.26. The molecule has 1 N–H and O–H groups in total. The average Bonchev–Trinajstić information content (AvgIpc) is 3.12. The van der Waals surface area contributed by atoms with Gasteiger partial charge in [-0.3, -0.25) is 4.90 Å². The Balaban J connectivity index is 1.90. The van der Waals surface area contributed by atoms with E-state index >= 15 is 0 Å². The highest BCUT2D eigenvalue weighted by molar-refractivity contribution is 5.90. The first-order valence-electron chi connectivity index (χ1n) is 8.52. The zero-order valence-electron chi connectivity index (χ0n) is 14.3. The van der Waals surface area contributed by atoms with Crippen LogP contribution in [0.4, 0.5) is 0 Å². The molecule has 0 spiro atoms. The summed E-state index contributed by atoms with van der Waals surface area (Å²) in [5, 5.41) is 10.5. The number of allylic oxidation sites excluding steroid dienone is 1. The van der Waals surface area contributed by atoms with E-state index < -0.39 is 11.6 Å². The molecular formula is C18H25NO5. The average molecular weight is 335 g/mol. The second-order valence-electron chi connectivity index (χ2n) is 7.07. The van der Waals surface area contributed by atoms with Crippen molar-refractivity contribution in [3.8, 4) is 0 Å². The topological polar surface area (TPSA) is 76.1 Å². The second kappa shape index (κ2) is 6.33. The third kappa shape index (κ3) is 2.89. The maximum atomic E-state index is 12.5. The predicted octanol–water partition coefficient (Wildman–Crippen LogP) is 1.19. The fourth-order valence-corrected chi connectivity index (χ4v) is 3.90. The summed E-state index contributed by atoms with van der Waals surface area (Å²) in [5.74, 6) is -0.974. The van der Waals surface area contributed by atoms with Gasteiger partial charge in [0.05, 0.1) is 12.6 Å². The molecule has 3 rings (SSSR count). The van der Waals surface area contributed by atoms with Gasteiger partial charge in [0.15, 0.2) is 5.60 Å². The third-order valence-electron chi connectivity index (χ3n) is 5.56. The minimum atomic E-state index is -1.82. The van der Waals surface area contributed by atoms with Gasteiger partial charge in [-0.1, -0.05) is 12.7 Å². The summed E-state index contributed by atoms with van der Waals surface area (Å²) in [4.78, 5) is 27.2. The van der Waals surface area contributed by atoms with E-state index in [1.807, 2.05) is 0 Å². The second-order valence-corrected chi connectivity index (χ2v) is 7.07. The molecule has 3 aliphatic rings. The minimum absolute atomic E-state index is 0.0853. The largest absolute Gasteiger partial charge is 0.463 e. The summed E-state index contributed by atoms with van der Waals surface area (Å²) in [5.41, 5.74) is -1.18. The van der Waals surface area contributed by atoms with Crippen molar-refractivity contribution in [2.75, 3.05) is 19.7 Å². The number of rotatable bonds is 0. The molecule has 132 valence electrons. The van der Waals surface area contributed by atoms with Crippen LogP contribution in [-0.4, -0.2) is 59.4 Å². The summed E-state index contributed by atoms with van der Waals surface area (Å²) in [6.45, 7) is 8.92. The van der Waals surface area contributed by atoms with Gasteiger partial charge >= 0.3 is 11.9 Å². The molecule has 3 heterocycles. The van der Waals surface area contributed by atoms with E-state index in [4.69, 9.17) is 9.47 Å². The molecule has 6 nitrogen and oxygen atoms in total. The minimum Gasteiger partial charge on any atom is -0.463 e. The summed E-state index contributed by atoms with van der Waals surface area (Å²) >= 11 is 0. The van der Waals surface area contributed by atoms with Gasteiger partial charge in [0.2, 0.25) is 0 Å². The summed E-state index contributed by atoms with van der Waals surface area (Å²) in [6, 6.07) is 0.0902. The van der Waals surface area contributed by atoms with E-state index in [-0.39, 0.29) is 42.6 Å². The van der Waals surface area contributed by atoms with Crippen LogP contribution >= 0.6 is 0 Å². The molecule has 0 aliphatic carbocycles. The van der Waals surface area contributed by atoms with Crippen LogP contribution in [0.3, 0.4) is 0 Å². The molecule has 0 saturated carbocycles. The highest BCUT2D eigenvalue weighted by Crippen LogP contribution is 2.36. The molecule has 0 radical (unpaired) electrons. The van der Waals surface area contributed by atoms with Crippen molar-refractivity contribution in [3.05, 3.63) is 23.8 Å². The highest BCUT2D eigenvalue weighted by Gasteiger charge is 2.47. The van der Waals surface area contributed by atoms with Crippen molar-refractivity contribution in [2.45, 2.75) is 50.9 Å². The van der Waals surface area contributed by atoms with E-state index in [1.165, 1.54) is 6.92 Å². The number of carbonyl (C=O) groups is 2. The van der Waals surface area contributed by atoms with E-state index in [1.54, 1.807) is 13.0 Å². The van der Waals surface area contributed by atoms with Gasteiger partial charge in [-0.15, -0.1) is 0 Å². The number of nitrogens with zero attached hydrogens (tertiary/aromatic N) is 1. The fourth-order valence-electron chi connectivity index (χ4n) is 3.90. The molecule has 4 atom stereocenters. The van der Waals surface area contributed by atoms with Crippen molar-refractivity contribution >= 4 is 11.9 Å². The van der Waals surface area contributed by atoms with Crippen molar-refractivity contribution in [1.29, 1.82) is 0 Å². The van der Waals surface area contributed by atoms with Crippen LogP contribution in [0.1, 0.15) is 33.1 Å². The van der Waals surface area contributed by atoms with Crippen molar-refractivity contribution < 1.29 is 24.2 Å². The maximum absolute atomic E-state index is 12.5. The molecular weight excluding hydrogens is 310 g/mol. The molecule has 0 aromatic heterocycles. The van der Waals surface area contributed by atoms with Gasteiger partial charge in [0.25, 0.3) is 0 Å². The van der Waals surface area contributed by atoms with E-state index in [0.717, 1.165) is 25.9 Å². The first-order valence-corrected chi connectivity index (χ1v) is 8.52. The quantitative estimate of drug-likeness (QED) is 0.407. The van der Waals surface area contributed by atoms with Gasteiger partial charge in [0.1, 0.15) is 6.10 Å². The van der Waals surface area contributed by atoms with Gasteiger partial charge in [-0.2, -0.15) is 0 Å². The molecule has 3 aliphatic heterocycles. The van der Waals surface area contributed by atoms with Crippen molar-refractivity contribution in [2.24, 2.45) is 5.92 Å². The van der Waals surface area contributed by atoms with Crippen LogP contribution in [0.2, 0.25) is 0 Å². The van der Waals surface area contributed by atoms with Gasteiger partial charge < -0.3 is 14.6 Å². The number of esters is 2. The smallest absolute Gasteiger partial charge is 0.342 e. The first kappa shape index (κ1) is 17.2. The van der Waals surface area contributed by atoms with Crippen LogP contribution in [0, 0.1) is 5.92 Å². The van der Waals surface area contributed by atoms with Crippen LogP contribution in [0.5, 0.6) is 0 Å². The molecule has 0 aromatic rings.